The second-order valence-electron chi connectivity index (χ2n) is 8.47. The zero-order chi connectivity index (χ0) is 18.9. The van der Waals surface area contributed by atoms with Crippen LogP contribution >= 0.6 is 0 Å². The van der Waals surface area contributed by atoms with Crippen molar-refractivity contribution in [1.82, 2.24) is 15.1 Å². The maximum atomic E-state index is 11.9. The van der Waals surface area contributed by atoms with E-state index in [-0.39, 0.29) is 11.4 Å². The quantitative estimate of drug-likeness (QED) is 0.883. The van der Waals surface area contributed by atoms with Crippen LogP contribution in [0.4, 0.5) is 0 Å². The fourth-order valence-electron chi connectivity index (χ4n) is 5.12. The number of likely N-dealkylation sites (N-methyl/N-ethyl adjacent to an activating group) is 1. The van der Waals surface area contributed by atoms with Crippen molar-refractivity contribution >= 4 is 5.91 Å². The molecule has 1 aromatic carbocycles. The van der Waals surface area contributed by atoms with Crippen molar-refractivity contribution in [2.24, 2.45) is 0 Å². The molecule has 1 N–H and O–H groups in total. The molecule has 5 nitrogen and oxygen atoms in total. The second kappa shape index (κ2) is 7.80. The summed E-state index contributed by atoms with van der Waals surface area (Å²) >= 11 is 0. The Morgan fingerprint density at radius 3 is 2.78 bits per heavy atom. The van der Waals surface area contributed by atoms with Crippen LogP contribution in [0.1, 0.15) is 49.3 Å². The lowest BCUT2D eigenvalue weighted by Gasteiger charge is -2.49. The average Bonchev–Trinajstić information content (AvgIpc) is 3.02. The number of carbonyl (C=O) groups is 1. The number of amides is 1. The number of hydrogen-bond donors (Lipinski definition) is 1. The zero-order valence-electron chi connectivity index (χ0n) is 16.9. The molecule has 0 bridgehead atoms. The highest BCUT2D eigenvalue weighted by Gasteiger charge is 2.40. The van der Waals surface area contributed by atoms with Crippen molar-refractivity contribution in [3.63, 3.8) is 0 Å². The molecule has 1 amide bonds. The molecule has 0 saturated carbocycles. The molecule has 2 heterocycles. The number of carbonyl (C=O) groups excluding carboxylic acids is 1. The van der Waals surface area contributed by atoms with E-state index in [1.165, 1.54) is 36.0 Å². The zero-order valence-corrected chi connectivity index (χ0v) is 16.9. The monoisotopic (exact) mass is 371 g/mol. The second-order valence-corrected chi connectivity index (χ2v) is 8.47. The molecule has 1 atom stereocenters. The molecule has 3 aliphatic rings. The number of nitrogens with zero attached hydrogens (tertiary/aromatic N) is 2. The fraction of sp³-hybridized carbons (Fsp3) is 0.682. The van der Waals surface area contributed by atoms with Gasteiger partial charge in [-0.3, -0.25) is 14.6 Å². The van der Waals surface area contributed by atoms with Crippen molar-refractivity contribution in [3.05, 3.63) is 28.8 Å². The van der Waals surface area contributed by atoms with E-state index in [1.54, 1.807) is 0 Å². The summed E-state index contributed by atoms with van der Waals surface area (Å²) in [5.74, 6) is 1.28. The molecule has 1 spiro atoms. The van der Waals surface area contributed by atoms with Crippen LogP contribution in [0.3, 0.4) is 0 Å². The van der Waals surface area contributed by atoms with Gasteiger partial charge in [-0.25, -0.2) is 0 Å². The lowest BCUT2D eigenvalue weighted by atomic mass is 9.86. The first kappa shape index (κ1) is 18.8. The number of benzene rings is 1. The molecule has 0 unspecified atom stereocenters. The molecule has 2 fully saturated rings. The molecule has 0 radical (unpaired) electrons. The van der Waals surface area contributed by atoms with Crippen molar-refractivity contribution < 1.29 is 9.53 Å². The third-order valence-electron chi connectivity index (χ3n) is 6.78. The summed E-state index contributed by atoms with van der Waals surface area (Å²) in [5, 5.41) is 3.05. The van der Waals surface area contributed by atoms with Gasteiger partial charge in [0.25, 0.3) is 0 Å². The average molecular weight is 372 g/mol. The molecule has 1 aliphatic carbocycles. The van der Waals surface area contributed by atoms with Crippen LogP contribution in [-0.2, 0) is 24.2 Å². The number of aryl methyl sites for hydroxylation is 2. The Balaban J connectivity index is 1.53. The van der Waals surface area contributed by atoms with E-state index in [9.17, 15) is 4.79 Å². The van der Waals surface area contributed by atoms with Gasteiger partial charge in [0.05, 0.1) is 6.61 Å². The Morgan fingerprint density at radius 1 is 1.15 bits per heavy atom. The largest absolute Gasteiger partial charge is 0.494 e. The summed E-state index contributed by atoms with van der Waals surface area (Å²) in [5.41, 5.74) is 4.44. The summed E-state index contributed by atoms with van der Waals surface area (Å²) < 4.78 is 6.00. The van der Waals surface area contributed by atoms with Crippen LogP contribution in [-0.4, -0.2) is 61.1 Å². The highest BCUT2D eigenvalue weighted by atomic mass is 16.5. The van der Waals surface area contributed by atoms with Crippen molar-refractivity contribution in [2.45, 2.75) is 57.5 Å². The maximum absolute atomic E-state index is 11.9. The third-order valence-corrected chi connectivity index (χ3v) is 6.78. The van der Waals surface area contributed by atoms with Gasteiger partial charge in [-0.05, 0) is 63.3 Å². The van der Waals surface area contributed by atoms with E-state index >= 15 is 0 Å². The van der Waals surface area contributed by atoms with E-state index in [0.29, 0.717) is 13.0 Å². The Hall–Kier alpha value is -1.59. The Labute approximate surface area is 163 Å². The van der Waals surface area contributed by atoms with Gasteiger partial charge in [-0.2, -0.15) is 0 Å². The highest BCUT2D eigenvalue weighted by molar-refractivity contribution is 5.76. The van der Waals surface area contributed by atoms with Gasteiger partial charge in [0.1, 0.15) is 5.75 Å². The number of fused-ring (bicyclic) bond motifs is 1. The first-order valence-corrected chi connectivity index (χ1v) is 10.6. The SMILES string of the molecule is CCOc1cc2c(cc1CN1CCN(C)[C@@]3(CCNC(=O)CC3)C1)CCC2. The number of piperazine rings is 1. The van der Waals surface area contributed by atoms with E-state index in [1.807, 2.05) is 0 Å². The first-order chi connectivity index (χ1) is 13.1. The Morgan fingerprint density at radius 2 is 1.96 bits per heavy atom. The maximum Gasteiger partial charge on any atom is 0.220 e. The number of ether oxygens (including phenoxy) is 1. The van der Waals surface area contributed by atoms with Crippen molar-refractivity contribution in [3.8, 4) is 5.75 Å². The predicted molar refractivity (Wildman–Crippen MR) is 107 cm³/mol. The number of hydrogen-bond acceptors (Lipinski definition) is 4. The summed E-state index contributed by atoms with van der Waals surface area (Å²) in [6.07, 6.45) is 6.29. The van der Waals surface area contributed by atoms with Gasteiger partial charge >= 0.3 is 0 Å². The number of rotatable bonds is 4. The topological polar surface area (TPSA) is 44.8 Å². The molecule has 2 aliphatic heterocycles. The van der Waals surface area contributed by atoms with Gasteiger partial charge in [0.2, 0.25) is 5.91 Å². The minimum atomic E-state index is 0.111. The fourth-order valence-corrected chi connectivity index (χ4v) is 5.12. The summed E-state index contributed by atoms with van der Waals surface area (Å²) in [7, 11) is 2.23. The van der Waals surface area contributed by atoms with E-state index in [0.717, 1.165) is 51.3 Å². The molecule has 0 aromatic heterocycles. The normalized spacial score (nSPS) is 26.7. The molecule has 148 valence electrons. The molecule has 2 saturated heterocycles. The van der Waals surface area contributed by atoms with Gasteiger partial charge in [-0.15, -0.1) is 0 Å². The first-order valence-electron chi connectivity index (χ1n) is 10.6. The Bertz CT molecular complexity index is 705. The summed E-state index contributed by atoms with van der Waals surface area (Å²) in [6.45, 7) is 7.68. The molecule has 4 rings (SSSR count). The van der Waals surface area contributed by atoms with Gasteiger partial charge in [0, 0.05) is 50.2 Å². The predicted octanol–water partition coefficient (Wildman–Crippen LogP) is 2.36. The van der Waals surface area contributed by atoms with Crippen molar-refractivity contribution in [1.29, 1.82) is 0 Å². The standard InChI is InChI=1S/C22H33N3O2/c1-3-27-20-14-18-6-4-5-17(18)13-19(20)15-25-12-11-24(2)22(16-25)8-7-21(26)23-10-9-22/h13-14H,3-12,15-16H2,1-2H3,(H,23,26)/t22-/m0/s1. The minimum Gasteiger partial charge on any atom is -0.494 e. The molecule has 27 heavy (non-hydrogen) atoms. The van der Waals surface area contributed by atoms with Crippen molar-refractivity contribution in [2.75, 3.05) is 39.8 Å². The van der Waals surface area contributed by atoms with Gasteiger partial charge in [-0.1, -0.05) is 6.07 Å². The van der Waals surface area contributed by atoms with Crippen LogP contribution in [0, 0.1) is 0 Å². The van der Waals surface area contributed by atoms with E-state index in [4.69, 9.17) is 4.74 Å². The molecule has 1 aromatic rings. The number of nitrogens with one attached hydrogen (secondary N) is 1. The molecule has 5 heteroatoms. The lowest BCUT2D eigenvalue weighted by Crippen LogP contribution is -2.60. The lowest BCUT2D eigenvalue weighted by molar-refractivity contribution is -0.121. The van der Waals surface area contributed by atoms with Crippen LogP contribution in [0.25, 0.3) is 0 Å². The minimum absolute atomic E-state index is 0.111. The third kappa shape index (κ3) is 3.85. The molecular formula is C22H33N3O2. The molecular weight excluding hydrogens is 338 g/mol. The van der Waals surface area contributed by atoms with Gasteiger partial charge < -0.3 is 10.1 Å². The summed E-state index contributed by atoms with van der Waals surface area (Å²) in [6, 6.07) is 4.69. The Kier molecular flexibility index (Phi) is 5.42. The van der Waals surface area contributed by atoms with Crippen LogP contribution in [0.2, 0.25) is 0 Å². The van der Waals surface area contributed by atoms with E-state index < -0.39 is 0 Å². The smallest absolute Gasteiger partial charge is 0.220 e. The van der Waals surface area contributed by atoms with Crippen LogP contribution in [0.5, 0.6) is 5.75 Å². The highest BCUT2D eigenvalue weighted by Crippen LogP contribution is 2.34. The van der Waals surface area contributed by atoms with E-state index in [2.05, 4.69) is 41.2 Å². The summed E-state index contributed by atoms with van der Waals surface area (Å²) in [4.78, 5) is 16.9. The van der Waals surface area contributed by atoms with Crippen LogP contribution in [0.15, 0.2) is 12.1 Å². The van der Waals surface area contributed by atoms with Gasteiger partial charge in [0.15, 0.2) is 0 Å². The van der Waals surface area contributed by atoms with Crippen LogP contribution < -0.4 is 10.1 Å².